The number of nitrogens with one attached hydrogen (secondary N) is 1. The summed E-state index contributed by atoms with van der Waals surface area (Å²) in [6, 6.07) is 10.3. The number of fused-ring (bicyclic) bond motifs is 1. The first-order valence-electron chi connectivity index (χ1n) is 7.21. The Labute approximate surface area is 135 Å². The van der Waals surface area contributed by atoms with Crippen molar-refractivity contribution in [3.05, 3.63) is 47.8 Å². The van der Waals surface area contributed by atoms with Gasteiger partial charge in [0.25, 0.3) is 5.82 Å². The highest BCUT2D eigenvalue weighted by Gasteiger charge is 2.37. The average Bonchev–Trinajstić information content (AvgIpc) is 2.97. The first-order chi connectivity index (χ1) is 11.5. The molecule has 24 heavy (non-hydrogen) atoms. The lowest BCUT2D eigenvalue weighted by atomic mass is 10.2. The number of halogens is 3. The maximum absolute atomic E-state index is 12.9. The average molecular weight is 337 g/mol. The van der Waals surface area contributed by atoms with Crippen LogP contribution >= 0.6 is 0 Å². The summed E-state index contributed by atoms with van der Waals surface area (Å²) in [4.78, 5) is 0. The van der Waals surface area contributed by atoms with Gasteiger partial charge in [-0.25, -0.2) is 0 Å². The quantitative estimate of drug-likeness (QED) is 0.773. The van der Waals surface area contributed by atoms with Crippen LogP contribution in [0.4, 0.5) is 24.7 Å². The molecule has 0 spiro atoms. The molecule has 0 fully saturated rings. The fourth-order valence-corrected chi connectivity index (χ4v) is 2.08. The molecule has 0 aliphatic rings. The predicted molar refractivity (Wildman–Crippen MR) is 80.8 cm³/mol. The Balaban J connectivity index is 1.82. The molecule has 9 heteroatoms. The molecular formula is C15H14F3N5O. The van der Waals surface area contributed by atoms with Crippen molar-refractivity contribution in [1.82, 2.24) is 19.8 Å². The van der Waals surface area contributed by atoms with Crippen LogP contribution in [0.5, 0.6) is 0 Å². The predicted octanol–water partition coefficient (Wildman–Crippen LogP) is 3.42. The van der Waals surface area contributed by atoms with E-state index in [0.717, 1.165) is 5.56 Å². The fourth-order valence-electron chi connectivity index (χ4n) is 2.08. The standard InChI is InChI=1S/C15H14F3N5O/c1-2-24-9-10-3-5-11(6-4-10)19-12-7-8-13-20-21-14(15(16,17)18)23(13)22-12/h3-8H,2,9H2,1H3,(H,19,22). The van der Waals surface area contributed by atoms with E-state index in [9.17, 15) is 13.2 Å². The zero-order valence-corrected chi connectivity index (χ0v) is 12.7. The molecule has 2 aromatic heterocycles. The number of aromatic nitrogens is 4. The van der Waals surface area contributed by atoms with E-state index in [1.807, 2.05) is 19.1 Å². The minimum absolute atomic E-state index is 0.0277. The van der Waals surface area contributed by atoms with E-state index < -0.39 is 12.0 Å². The number of ether oxygens (including phenoxy) is 1. The summed E-state index contributed by atoms with van der Waals surface area (Å²) in [6.45, 7) is 3.05. The van der Waals surface area contributed by atoms with Crippen LogP contribution in [0.1, 0.15) is 18.3 Å². The van der Waals surface area contributed by atoms with Crippen molar-refractivity contribution in [2.45, 2.75) is 19.7 Å². The maximum Gasteiger partial charge on any atom is 0.453 e. The second-order valence-corrected chi connectivity index (χ2v) is 4.97. The third-order valence-corrected chi connectivity index (χ3v) is 3.22. The van der Waals surface area contributed by atoms with Crippen LogP contribution in [0.2, 0.25) is 0 Å². The molecule has 3 rings (SSSR count). The molecule has 126 valence electrons. The largest absolute Gasteiger partial charge is 0.453 e. The molecule has 3 aromatic rings. The minimum atomic E-state index is -4.62. The highest BCUT2D eigenvalue weighted by molar-refractivity contribution is 5.57. The Bertz CT molecular complexity index is 829. The molecule has 0 amide bonds. The normalized spacial score (nSPS) is 11.8. The SMILES string of the molecule is CCOCc1ccc(Nc2ccc3nnc(C(F)(F)F)n3n2)cc1. The van der Waals surface area contributed by atoms with Crippen LogP contribution in [0, 0.1) is 0 Å². The van der Waals surface area contributed by atoms with Gasteiger partial charge >= 0.3 is 6.18 Å². The molecule has 1 N–H and O–H groups in total. The summed E-state index contributed by atoms with van der Waals surface area (Å²) in [5.74, 6) is -0.904. The van der Waals surface area contributed by atoms with Gasteiger partial charge in [0.1, 0.15) is 0 Å². The van der Waals surface area contributed by atoms with Crippen molar-refractivity contribution < 1.29 is 17.9 Å². The third kappa shape index (κ3) is 3.46. The van der Waals surface area contributed by atoms with E-state index in [-0.39, 0.29) is 11.5 Å². The summed E-state index contributed by atoms with van der Waals surface area (Å²) in [6.07, 6.45) is -4.62. The van der Waals surface area contributed by atoms with Crippen LogP contribution in [-0.2, 0) is 17.5 Å². The Morgan fingerprint density at radius 1 is 1.08 bits per heavy atom. The van der Waals surface area contributed by atoms with Crippen LogP contribution < -0.4 is 5.32 Å². The number of anilines is 2. The third-order valence-electron chi connectivity index (χ3n) is 3.22. The number of benzene rings is 1. The van der Waals surface area contributed by atoms with Crippen LogP contribution in [0.15, 0.2) is 36.4 Å². The van der Waals surface area contributed by atoms with Crippen LogP contribution in [0.3, 0.4) is 0 Å². The van der Waals surface area contributed by atoms with E-state index in [1.165, 1.54) is 12.1 Å². The van der Waals surface area contributed by atoms with E-state index in [2.05, 4.69) is 20.6 Å². The highest BCUT2D eigenvalue weighted by atomic mass is 19.4. The van der Waals surface area contributed by atoms with E-state index in [4.69, 9.17) is 4.74 Å². The zero-order chi connectivity index (χ0) is 17.2. The van der Waals surface area contributed by atoms with E-state index >= 15 is 0 Å². The molecule has 0 unspecified atom stereocenters. The molecule has 6 nitrogen and oxygen atoms in total. The molecule has 1 aromatic carbocycles. The van der Waals surface area contributed by atoms with Gasteiger partial charge in [0.05, 0.1) is 6.61 Å². The van der Waals surface area contributed by atoms with Gasteiger partial charge in [0, 0.05) is 12.3 Å². The molecule has 2 heterocycles. The van der Waals surface area contributed by atoms with Crippen molar-refractivity contribution >= 4 is 17.2 Å². The first-order valence-corrected chi connectivity index (χ1v) is 7.21. The molecule has 0 radical (unpaired) electrons. The Kier molecular flexibility index (Phi) is 4.34. The van der Waals surface area contributed by atoms with Gasteiger partial charge in [0.2, 0.25) is 0 Å². The van der Waals surface area contributed by atoms with Crippen LogP contribution in [-0.4, -0.2) is 26.4 Å². The van der Waals surface area contributed by atoms with Gasteiger partial charge in [0.15, 0.2) is 11.5 Å². The van der Waals surface area contributed by atoms with Crippen molar-refractivity contribution in [3.63, 3.8) is 0 Å². The second kappa shape index (κ2) is 6.44. The van der Waals surface area contributed by atoms with E-state index in [1.54, 1.807) is 12.1 Å². The lowest BCUT2D eigenvalue weighted by Crippen LogP contribution is -2.13. The highest BCUT2D eigenvalue weighted by Crippen LogP contribution is 2.27. The smallest absolute Gasteiger partial charge is 0.377 e. The zero-order valence-electron chi connectivity index (χ0n) is 12.7. The summed E-state index contributed by atoms with van der Waals surface area (Å²) in [5.41, 5.74) is 1.73. The number of nitrogens with zero attached hydrogens (tertiary/aromatic N) is 4. The molecule has 0 saturated carbocycles. The summed E-state index contributed by atoms with van der Waals surface area (Å²) < 4.78 is 44.6. The molecule has 0 atom stereocenters. The summed E-state index contributed by atoms with van der Waals surface area (Å²) in [5, 5.41) is 13.5. The molecule has 0 bridgehead atoms. The van der Waals surface area contributed by atoms with Gasteiger partial charge in [-0.2, -0.15) is 17.7 Å². The Hall–Kier alpha value is -2.68. The molecular weight excluding hydrogens is 323 g/mol. The summed E-state index contributed by atoms with van der Waals surface area (Å²) in [7, 11) is 0. The Morgan fingerprint density at radius 2 is 1.83 bits per heavy atom. The molecule has 0 aliphatic heterocycles. The van der Waals surface area contributed by atoms with Crippen molar-refractivity contribution in [1.29, 1.82) is 0 Å². The fraction of sp³-hybridized carbons (Fsp3) is 0.267. The lowest BCUT2D eigenvalue weighted by Gasteiger charge is -2.08. The molecule has 0 saturated heterocycles. The maximum atomic E-state index is 12.9. The summed E-state index contributed by atoms with van der Waals surface area (Å²) >= 11 is 0. The van der Waals surface area contributed by atoms with Gasteiger partial charge in [-0.1, -0.05) is 12.1 Å². The van der Waals surface area contributed by atoms with Crippen LogP contribution in [0.25, 0.3) is 5.65 Å². The lowest BCUT2D eigenvalue weighted by molar-refractivity contribution is -0.146. The topological polar surface area (TPSA) is 64.3 Å². The van der Waals surface area contributed by atoms with Gasteiger partial charge < -0.3 is 10.1 Å². The number of hydrogen-bond donors (Lipinski definition) is 1. The van der Waals surface area contributed by atoms with Gasteiger partial charge in [-0.05, 0) is 36.8 Å². The number of hydrogen-bond acceptors (Lipinski definition) is 5. The van der Waals surface area contributed by atoms with Gasteiger partial charge in [-0.15, -0.1) is 15.3 Å². The minimum Gasteiger partial charge on any atom is -0.377 e. The number of rotatable bonds is 5. The van der Waals surface area contributed by atoms with Crippen molar-refractivity contribution in [3.8, 4) is 0 Å². The monoisotopic (exact) mass is 337 g/mol. The van der Waals surface area contributed by atoms with Gasteiger partial charge in [-0.3, -0.25) is 0 Å². The van der Waals surface area contributed by atoms with Crippen molar-refractivity contribution in [2.75, 3.05) is 11.9 Å². The molecule has 0 aliphatic carbocycles. The van der Waals surface area contributed by atoms with E-state index in [0.29, 0.717) is 23.4 Å². The second-order valence-electron chi connectivity index (χ2n) is 4.97. The van der Waals surface area contributed by atoms with Crippen molar-refractivity contribution in [2.24, 2.45) is 0 Å². The Morgan fingerprint density at radius 3 is 2.50 bits per heavy atom. The number of alkyl halides is 3. The first kappa shape index (κ1) is 16.2.